The number of aromatic nitrogens is 1. The fourth-order valence-corrected chi connectivity index (χ4v) is 4.15. The van der Waals surface area contributed by atoms with Crippen molar-refractivity contribution in [3.05, 3.63) is 93.3 Å². The first-order chi connectivity index (χ1) is 16.0. The maximum Gasteiger partial charge on any atom is 0.202 e. The smallest absolute Gasteiger partial charge is 0.202 e. The summed E-state index contributed by atoms with van der Waals surface area (Å²) in [5, 5.41) is 0. The molecule has 172 valence electrons. The highest BCUT2D eigenvalue weighted by Gasteiger charge is 2.26. The Balaban J connectivity index is 2.37. The zero-order valence-electron chi connectivity index (χ0n) is 20.2. The number of carbonyl (C=O) groups excluding carboxylic acids is 1. The molecule has 0 unspecified atom stereocenters. The van der Waals surface area contributed by atoms with Crippen molar-refractivity contribution in [2.75, 3.05) is 6.54 Å². The van der Waals surface area contributed by atoms with Crippen LogP contribution in [0.15, 0.2) is 70.5 Å². The molecule has 0 saturated heterocycles. The Bertz CT molecular complexity index is 1180. The van der Waals surface area contributed by atoms with Gasteiger partial charge in [-0.2, -0.15) is 0 Å². The topological polar surface area (TPSA) is 51.4 Å². The molecule has 0 aliphatic heterocycles. The average Bonchev–Trinajstić information content (AvgIpc) is 2.84. The zero-order valence-corrected chi connectivity index (χ0v) is 20.2. The molecular weight excluding hydrogens is 408 g/mol. The lowest BCUT2D eigenvalue weighted by Gasteiger charge is -2.23. The van der Waals surface area contributed by atoms with Gasteiger partial charge in [-0.3, -0.25) is 14.6 Å². The van der Waals surface area contributed by atoms with E-state index in [9.17, 15) is 9.59 Å². The van der Waals surface area contributed by atoms with E-state index in [1.54, 1.807) is 12.1 Å². The van der Waals surface area contributed by atoms with Crippen LogP contribution < -0.4 is 5.43 Å². The van der Waals surface area contributed by atoms with Crippen LogP contribution in [-0.2, 0) is 6.54 Å². The van der Waals surface area contributed by atoms with Gasteiger partial charge in [-0.05, 0) is 32.3 Å². The molecule has 0 radical (unpaired) electrons. The van der Waals surface area contributed by atoms with E-state index in [4.69, 9.17) is 4.99 Å². The first-order valence-corrected chi connectivity index (χ1v) is 11.9. The van der Waals surface area contributed by atoms with Crippen molar-refractivity contribution in [2.45, 2.75) is 59.9 Å². The van der Waals surface area contributed by atoms with Crippen molar-refractivity contribution in [3.8, 4) is 11.3 Å². The van der Waals surface area contributed by atoms with Crippen LogP contribution in [0.1, 0.15) is 73.6 Å². The minimum absolute atomic E-state index is 0.231. The summed E-state index contributed by atoms with van der Waals surface area (Å²) in [4.78, 5) is 32.3. The van der Waals surface area contributed by atoms with Gasteiger partial charge in [0, 0.05) is 30.1 Å². The van der Waals surface area contributed by atoms with E-state index < -0.39 is 0 Å². The van der Waals surface area contributed by atoms with Crippen molar-refractivity contribution >= 4 is 11.5 Å². The fraction of sp³-hybridized carbons (Fsp3) is 0.345. The Morgan fingerprint density at radius 3 is 2.09 bits per heavy atom. The molecule has 0 aliphatic carbocycles. The summed E-state index contributed by atoms with van der Waals surface area (Å²) in [5.74, 6) is -0.231. The van der Waals surface area contributed by atoms with Crippen LogP contribution in [0.4, 0.5) is 0 Å². The molecule has 1 aromatic heterocycles. The van der Waals surface area contributed by atoms with Crippen molar-refractivity contribution < 1.29 is 4.79 Å². The van der Waals surface area contributed by atoms with Crippen molar-refractivity contribution in [1.29, 1.82) is 0 Å². The molecule has 0 aliphatic rings. The Morgan fingerprint density at radius 2 is 1.48 bits per heavy atom. The van der Waals surface area contributed by atoms with Gasteiger partial charge in [0.15, 0.2) is 5.78 Å². The van der Waals surface area contributed by atoms with Crippen LogP contribution in [-0.4, -0.2) is 22.6 Å². The van der Waals surface area contributed by atoms with Gasteiger partial charge in [-0.15, -0.1) is 0 Å². The molecular formula is C29H34N2O2. The molecule has 3 rings (SSSR count). The third kappa shape index (κ3) is 5.39. The maximum absolute atomic E-state index is 14.0. The second kappa shape index (κ2) is 11.6. The van der Waals surface area contributed by atoms with Crippen LogP contribution >= 0.6 is 0 Å². The summed E-state index contributed by atoms with van der Waals surface area (Å²) in [6.07, 6.45) is 3.97. The average molecular weight is 443 g/mol. The number of hydrogen-bond acceptors (Lipinski definition) is 3. The Labute approximate surface area is 197 Å². The highest BCUT2D eigenvalue weighted by Crippen LogP contribution is 2.27. The monoisotopic (exact) mass is 442 g/mol. The fourth-order valence-electron chi connectivity index (χ4n) is 4.15. The highest BCUT2D eigenvalue weighted by atomic mass is 16.1. The van der Waals surface area contributed by atoms with Crippen molar-refractivity contribution in [1.82, 2.24) is 4.57 Å². The van der Waals surface area contributed by atoms with E-state index in [0.717, 1.165) is 43.5 Å². The molecule has 4 nitrogen and oxygen atoms in total. The van der Waals surface area contributed by atoms with E-state index in [1.165, 1.54) is 0 Å². The number of hydrogen-bond donors (Lipinski definition) is 0. The van der Waals surface area contributed by atoms with Crippen LogP contribution in [0.5, 0.6) is 0 Å². The molecule has 0 atom stereocenters. The lowest BCUT2D eigenvalue weighted by atomic mass is 9.93. The SMILES string of the molecule is CCCCN=C(C)c1c(-c2ccccc2)n(CCCC)c(C)c(C(=O)c2ccccc2)c1=O. The molecule has 3 aromatic rings. The number of nitrogens with zero attached hydrogens (tertiary/aromatic N) is 2. The summed E-state index contributed by atoms with van der Waals surface area (Å²) in [5.41, 5.74) is 4.31. The molecule has 0 N–H and O–H groups in total. The maximum atomic E-state index is 14.0. The molecule has 0 fully saturated rings. The molecule has 0 saturated carbocycles. The number of carbonyl (C=O) groups is 1. The van der Waals surface area contributed by atoms with Crippen LogP contribution in [0.3, 0.4) is 0 Å². The van der Waals surface area contributed by atoms with Crippen molar-refractivity contribution in [3.63, 3.8) is 0 Å². The third-order valence-electron chi connectivity index (χ3n) is 6.00. The third-order valence-corrected chi connectivity index (χ3v) is 6.00. The van der Waals surface area contributed by atoms with Gasteiger partial charge in [-0.1, -0.05) is 87.4 Å². The summed E-state index contributed by atoms with van der Waals surface area (Å²) >= 11 is 0. The summed E-state index contributed by atoms with van der Waals surface area (Å²) in [6, 6.07) is 19.1. The lowest BCUT2D eigenvalue weighted by molar-refractivity contribution is 0.103. The predicted molar refractivity (Wildman–Crippen MR) is 138 cm³/mol. The van der Waals surface area contributed by atoms with E-state index in [0.29, 0.717) is 29.1 Å². The number of pyridine rings is 1. The summed E-state index contributed by atoms with van der Waals surface area (Å²) < 4.78 is 2.16. The minimum Gasteiger partial charge on any atom is -0.343 e. The summed E-state index contributed by atoms with van der Waals surface area (Å²) in [6.45, 7) is 9.47. The molecule has 1 heterocycles. The van der Waals surface area contributed by atoms with Crippen LogP contribution in [0, 0.1) is 6.92 Å². The molecule has 0 bridgehead atoms. The summed E-state index contributed by atoms with van der Waals surface area (Å²) in [7, 11) is 0. The second-order valence-corrected chi connectivity index (χ2v) is 8.40. The number of unbranched alkanes of at least 4 members (excludes halogenated alkanes) is 2. The van der Waals surface area contributed by atoms with E-state index in [-0.39, 0.29) is 16.8 Å². The van der Waals surface area contributed by atoms with Gasteiger partial charge in [0.1, 0.15) is 0 Å². The molecule has 2 aromatic carbocycles. The number of ketones is 1. The van der Waals surface area contributed by atoms with Gasteiger partial charge in [-0.25, -0.2) is 0 Å². The van der Waals surface area contributed by atoms with Gasteiger partial charge >= 0.3 is 0 Å². The lowest BCUT2D eigenvalue weighted by Crippen LogP contribution is -2.30. The van der Waals surface area contributed by atoms with Gasteiger partial charge < -0.3 is 4.57 Å². The van der Waals surface area contributed by atoms with E-state index >= 15 is 0 Å². The minimum atomic E-state index is -0.231. The molecule has 33 heavy (non-hydrogen) atoms. The number of aliphatic imine (C=N–C) groups is 1. The van der Waals surface area contributed by atoms with E-state index in [1.807, 2.05) is 62.4 Å². The highest BCUT2D eigenvalue weighted by molar-refractivity contribution is 6.12. The standard InChI is InChI=1S/C29H34N2O2/c1-5-7-19-30-21(3)25-27(23-15-11-9-12-16-23)31(20-8-6-2)22(4)26(29(25)33)28(32)24-17-13-10-14-18-24/h9-18H,5-8,19-20H2,1-4H3. The van der Waals surface area contributed by atoms with Gasteiger partial charge in [0.25, 0.3) is 0 Å². The Hall–Kier alpha value is -3.27. The first kappa shape index (κ1) is 24.4. The van der Waals surface area contributed by atoms with Crippen LogP contribution in [0.25, 0.3) is 11.3 Å². The normalized spacial score (nSPS) is 11.6. The quantitative estimate of drug-likeness (QED) is 0.205. The second-order valence-electron chi connectivity index (χ2n) is 8.40. The first-order valence-electron chi connectivity index (χ1n) is 11.9. The van der Waals surface area contributed by atoms with Gasteiger partial charge in [0.05, 0.1) is 16.8 Å². The predicted octanol–water partition coefficient (Wildman–Crippen LogP) is 6.46. The Kier molecular flexibility index (Phi) is 8.53. The molecule has 0 amide bonds. The van der Waals surface area contributed by atoms with Gasteiger partial charge in [0.2, 0.25) is 5.43 Å². The van der Waals surface area contributed by atoms with E-state index in [2.05, 4.69) is 18.4 Å². The number of rotatable bonds is 10. The van der Waals surface area contributed by atoms with Crippen molar-refractivity contribution in [2.24, 2.45) is 4.99 Å². The molecule has 4 heteroatoms. The zero-order chi connectivity index (χ0) is 23.8. The van der Waals surface area contributed by atoms with Crippen LogP contribution in [0.2, 0.25) is 0 Å². The molecule has 0 spiro atoms. The largest absolute Gasteiger partial charge is 0.343 e. The Morgan fingerprint density at radius 1 is 0.879 bits per heavy atom. The number of benzene rings is 2.